The van der Waals surface area contributed by atoms with Gasteiger partial charge in [-0.2, -0.15) is 0 Å². The van der Waals surface area contributed by atoms with Crippen LogP contribution in [0.2, 0.25) is 0 Å². The van der Waals surface area contributed by atoms with Crippen molar-refractivity contribution < 1.29 is 0 Å². The summed E-state index contributed by atoms with van der Waals surface area (Å²) in [6.07, 6.45) is 0. The minimum Gasteiger partial charge on any atom is -0.311 e. The molecule has 0 fully saturated rings. The average molecular weight is 855 g/mol. The number of benzene rings is 11. The molecule has 0 radical (unpaired) electrons. The van der Waals surface area contributed by atoms with Crippen LogP contribution in [0.3, 0.4) is 0 Å². The molecule has 3 heteroatoms. The maximum atomic E-state index is 2.54. The van der Waals surface area contributed by atoms with E-state index in [9.17, 15) is 0 Å². The van der Waals surface area contributed by atoms with Crippen LogP contribution < -0.4 is 26.2 Å². The quantitative estimate of drug-likeness (QED) is 0.126. The van der Waals surface area contributed by atoms with Crippen LogP contribution in [0, 0.1) is 0 Å². The van der Waals surface area contributed by atoms with Gasteiger partial charge in [-0.1, -0.05) is 203 Å². The van der Waals surface area contributed by atoms with Gasteiger partial charge in [-0.25, -0.2) is 0 Å². The van der Waals surface area contributed by atoms with Crippen molar-refractivity contribution in [3.05, 3.63) is 236 Å². The molecule has 2 aliphatic rings. The summed E-state index contributed by atoms with van der Waals surface area (Å²) in [7, 11) is 0. The Morgan fingerprint density at radius 1 is 0.328 bits per heavy atom. The van der Waals surface area contributed by atoms with Gasteiger partial charge in [-0.3, -0.25) is 0 Å². The molecular weight excluding hydrogens is 808 g/mol. The Bertz CT molecular complexity index is 3670. The van der Waals surface area contributed by atoms with Crippen LogP contribution in [0.15, 0.2) is 231 Å². The van der Waals surface area contributed by atoms with E-state index in [0.29, 0.717) is 0 Å². The summed E-state index contributed by atoms with van der Waals surface area (Å²) in [5.74, 6) is 0. The first-order valence-electron chi connectivity index (χ1n) is 23.6. The van der Waals surface area contributed by atoms with Gasteiger partial charge in [0.05, 0.1) is 0 Å². The summed E-state index contributed by atoms with van der Waals surface area (Å²) in [6.45, 7) is 7.00. The highest BCUT2D eigenvalue weighted by Gasteiger charge is 2.44. The average Bonchev–Trinajstić information content (AvgIpc) is 3.37. The standard InChI is InChI=1S/C64H47BN2/c1-64(2,3)44-35-38-58-56(41-44)65-55-33-19-20-34-57(55)66(45-23-9-5-10-24-45)59-39-43(40-60(63(59)65)67(58)46-25-11-6-12-26-46)61-50-29-15-17-31-52(50)62(53-32-18-16-30-51(53)61)54-37-36-47(42-21-7-4-8-22-42)48-27-13-14-28-49(48)54/h4-41H,1-3H3. The van der Waals surface area contributed by atoms with E-state index in [1.54, 1.807) is 0 Å². The largest absolute Gasteiger partial charge is 0.311 e. The number of nitrogens with zero attached hydrogens (tertiary/aromatic N) is 2. The molecule has 0 N–H and O–H groups in total. The lowest BCUT2D eigenvalue weighted by Gasteiger charge is -2.45. The van der Waals surface area contributed by atoms with Gasteiger partial charge in [0.1, 0.15) is 0 Å². The fourth-order valence-electron chi connectivity index (χ4n) is 11.4. The molecule has 0 atom stereocenters. The molecule has 0 unspecified atom stereocenters. The molecule has 0 saturated carbocycles. The van der Waals surface area contributed by atoms with Gasteiger partial charge in [-0.15, -0.1) is 0 Å². The number of para-hydroxylation sites is 3. The zero-order valence-electron chi connectivity index (χ0n) is 37.9. The van der Waals surface area contributed by atoms with E-state index in [2.05, 4.69) is 261 Å². The van der Waals surface area contributed by atoms with Gasteiger partial charge in [-0.05, 0) is 142 Å². The molecule has 67 heavy (non-hydrogen) atoms. The van der Waals surface area contributed by atoms with Crippen molar-refractivity contribution in [3.63, 3.8) is 0 Å². The maximum absolute atomic E-state index is 2.54. The van der Waals surface area contributed by atoms with Crippen LogP contribution >= 0.6 is 0 Å². The van der Waals surface area contributed by atoms with Crippen LogP contribution in [-0.4, -0.2) is 6.71 Å². The molecule has 0 bridgehead atoms. The van der Waals surface area contributed by atoms with E-state index >= 15 is 0 Å². The third kappa shape index (κ3) is 6.11. The Labute approximate surface area is 393 Å². The van der Waals surface area contributed by atoms with E-state index in [-0.39, 0.29) is 12.1 Å². The van der Waals surface area contributed by atoms with Crippen LogP contribution in [0.25, 0.3) is 65.7 Å². The molecule has 11 aromatic carbocycles. The summed E-state index contributed by atoms with van der Waals surface area (Å²) < 4.78 is 0. The van der Waals surface area contributed by atoms with Gasteiger partial charge in [0.15, 0.2) is 0 Å². The fraction of sp³-hybridized carbons (Fsp3) is 0.0625. The highest BCUT2D eigenvalue weighted by atomic mass is 15.2. The van der Waals surface area contributed by atoms with Crippen molar-refractivity contribution in [2.75, 3.05) is 9.80 Å². The second kappa shape index (κ2) is 15.2. The molecule has 2 aliphatic heterocycles. The number of fused-ring (bicyclic) bond motifs is 7. The molecule has 2 nitrogen and oxygen atoms in total. The van der Waals surface area contributed by atoms with Gasteiger partial charge in [0, 0.05) is 34.1 Å². The van der Waals surface area contributed by atoms with E-state index in [1.807, 2.05) is 0 Å². The second-order valence-corrected chi connectivity index (χ2v) is 19.2. The Balaban J connectivity index is 1.14. The molecule has 316 valence electrons. The van der Waals surface area contributed by atoms with Crippen LogP contribution in [-0.2, 0) is 5.41 Å². The fourth-order valence-corrected chi connectivity index (χ4v) is 11.4. The summed E-state index contributed by atoms with van der Waals surface area (Å²) in [6, 6.07) is 85.9. The predicted molar refractivity (Wildman–Crippen MR) is 288 cm³/mol. The summed E-state index contributed by atoms with van der Waals surface area (Å²) in [5, 5.41) is 7.45. The summed E-state index contributed by atoms with van der Waals surface area (Å²) in [4.78, 5) is 5.06. The molecular formula is C64H47BN2. The Kier molecular flexibility index (Phi) is 8.92. The lowest BCUT2D eigenvalue weighted by Crippen LogP contribution is -2.61. The Morgan fingerprint density at radius 3 is 1.34 bits per heavy atom. The minimum atomic E-state index is -0.0195. The number of rotatable bonds is 5. The van der Waals surface area contributed by atoms with Gasteiger partial charge in [0.25, 0.3) is 6.71 Å². The SMILES string of the molecule is CC(C)(C)c1ccc2c(c1)B1c3ccccc3N(c3ccccc3)c3cc(-c4c5ccccc5c(-c5ccc(-c6ccccc6)c6ccccc56)c5ccccc45)cc(c31)N2c1ccccc1. The highest BCUT2D eigenvalue weighted by Crippen LogP contribution is 2.51. The topological polar surface area (TPSA) is 6.48 Å². The van der Waals surface area contributed by atoms with Crippen LogP contribution in [0.5, 0.6) is 0 Å². The molecule has 2 heterocycles. The van der Waals surface area contributed by atoms with Crippen molar-refractivity contribution in [1.82, 2.24) is 0 Å². The first kappa shape index (κ1) is 39.2. The molecule has 0 amide bonds. The number of hydrogen-bond donors (Lipinski definition) is 0. The molecule has 11 aromatic rings. The first-order valence-corrected chi connectivity index (χ1v) is 23.6. The zero-order valence-corrected chi connectivity index (χ0v) is 37.9. The second-order valence-electron chi connectivity index (χ2n) is 19.2. The van der Waals surface area contributed by atoms with Crippen LogP contribution in [0.4, 0.5) is 34.1 Å². The van der Waals surface area contributed by atoms with Crippen molar-refractivity contribution >= 4 is 89.5 Å². The van der Waals surface area contributed by atoms with E-state index in [0.717, 1.165) is 11.4 Å². The molecule has 13 rings (SSSR count). The molecule has 0 aromatic heterocycles. The van der Waals surface area contributed by atoms with E-state index in [4.69, 9.17) is 0 Å². The number of anilines is 6. The smallest absolute Gasteiger partial charge is 0.252 e. The Hall–Kier alpha value is -8.14. The molecule has 0 aliphatic carbocycles. The molecule has 0 spiro atoms. The van der Waals surface area contributed by atoms with E-state index in [1.165, 1.54) is 110 Å². The predicted octanol–water partition coefficient (Wildman–Crippen LogP) is 15.5. The van der Waals surface area contributed by atoms with Gasteiger partial charge >= 0.3 is 0 Å². The monoisotopic (exact) mass is 854 g/mol. The van der Waals surface area contributed by atoms with Gasteiger partial charge in [0.2, 0.25) is 0 Å². The lowest BCUT2D eigenvalue weighted by molar-refractivity contribution is 0.591. The van der Waals surface area contributed by atoms with Crippen molar-refractivity contribution in [1.29, 1.82) is 0 Å². The van der Waals surface area contributed by atoms with Crippen molar-refractivity contribution in [2.24, 2.45) is 0 Å². The van der Waals surface area contributed by atoms with Gasteiger partial charge < -0.3 is 9.80 Å². The van der Waals surface area contributed by atoms with Crippen molar-refractivity contribution in [2.45, 2.75) is 26.2 Å². The van der Waals surface area contributed by atoms with E-state index < -0.39 is 0 Å². The van der Waals surface area contributed by atoms with Crippen LogP contribution in [0.1, 0.15) is 26.3 Å². The first-order chi connectivity index (χ1) is 32.9. The molecule has 0 saturated heterocycles. The summed E-state index contributed by atoms with van der Waals surface area (Å²) >= 11 is 0. The highest BCUT2D eigenvalue weighted by molar-refractivity contribution is 7.00. The Morgan fingerprint density at radius 2 is 0.776 bits per heavy atom. The minimum absolute atomic E-state index is 0.0195. The zero-order chi connectivity index (χ0) is 44.8. The normalized spacial score (nSPS) is 12.9. The third-order valence-electron chi connectivity index (χ3n) is 14.4. The maximum Gasteiger partial charge on any atom is 0.252 e. The van der Waals surface area contributed by atoms with Crippen molar-refractivity contribution in [3.8, 4) is 33.4 Å². The number of hydrogen-bond acceptors (Lipinski definition) is 2. The lowest BCUT2D eigenvalue weighted by atomic mass is 9.33. The third-order valence-corrected chi connectivity index (χ3v) is 14.4. The summed E-state index contributed by atoms with van der Waals surface area (Å²) in [5.41, 5.74) is 19.8.